The lowest BCUT2D eigenvalue weighted by Gasteiger charge is -2.22. The van der Waals surface area contributed by atoms with Crippen LogP contribution >= 0.6 is 23.7 Å². The second-order valence-electron chi connectivity index (χ2n) is 6.81. The fourth-order valence-electron chi connectivity index (χ4n) is 3.14. The van der Waals surface area contributed by atoms with Crippen LogP contribution < -0.4 is 11.1 Å². The molecule has 0 saturated carbocycles. The van der Waals surface area contributed by atoms with Crippen molar-refractivity contribution in [2.75, 3.05) is 18.9 Å². The number of primary amides is 1. The third-order valence-corrected chi connectivity index (χ3v) is 5.70. The zero-order valence-corrected chi connectivity index (χ0v) is 17.4. The van der Waals surface area contributed by atoms with Crippen molar-refractivity contribution in [2.24, 2.45) is 5.73 Å². The average molecular weight is 488 g/mol. The molecule has 0 unspecified atom stereocenters. The van der Waals surface area contributed by atoms with Crippen LogP contribution in [0.1, 0.15) is 42.3 Å². The third-order valence-electron chi connectivity index (χ3n) is 4.57. The first-order chi connectivity index (χ1) is 13.8. The molecular weight excluding hydrogens is 472 g/mol. The number of nitrogens with two attached hydrogens (primary N) is 1. The van der Waals surface area contributed by atoms with Gasteiger partial charge >= 0.3 is 12.4 Å². The van der Waals surface area contributed by atoms with Crippen molar-refractivity contribution in [3.05, 3.63) is 50.9 Å². The lowest BCUT2D eigenvalue weighted by molar-refractivity contribution is -0.143. The van der Waals surface area contributed by atoms with Gasteiger partial charge in [-0.2, -0.15) is 26.3 Å². The summed E-state index contributed by atoms with van der Waals surface area (Å²) >= 11 is 1.02. The van der Waals surface area contributed by atoms with Crippen molar-refractivity contribution >= 4 is 40.6 Å². The molecule has 13 heteroatoms. The topological polar surface area (TPSA) is 75.4 Å². The Labute approximate surface area is 182 Å². The molecule has 1 aromatic carbocycles. The predicted molar refractivity (Wildman–Crippen MR) is 105 cm³/mol. The van der Waals surface area contributed by atoms with Crippen LogP contribution in [0.5, 0.6) is 0 Å². The van der Waals surface area contributed by atoms with Gasteiger partial charge in [-0.3, -0.25) is 9.59 Å². The van der Waals surface area contributed by atoms with Gasteiger partial charge in [0.05, 0.1) is 16.7 Å². The zero-order valence-electron chi connectivity index (χ0n) is 15.8. The summed E-state index contributed by atoms with van der Waals surface area (Å²) in [7, 11) is 1.84. The molecule has 1 aliphatic heterocycles. The number of hydrogen-bond acceptors (Lipinski definition) is 4. The molecule has 0 spiro atoms. The Morgan fingerprint density at radius 3 is 2.10 bits per heavy atom. The van der Waals surface area contributed by atoms with Crippen LogP contribution in [0.2, 0.25) is 0 Å². The molecule has 0 aliphatic carbocycles. The second-order valence-corrected chi connectivity index (χ2v) is 7.91. The number of benzene rings is 1. The van der Waals surface area contributed by atoms with Crippen molar-refractivity contribution in [3.63, 3.8) is 0 Å². The first kappa shape index (κ1) is 25.0. The zero-order chi connectivity index (χ0) is 22.4. The number of anilines is 1. The number of hydrogen-bond donors (Lipinski definition) is 2. The smallest absolute Gasteiger partial charge is 0.365 e. The molecule has 3 rings (SSSR count). The van der Waals surface area contributed by atoms with Crippen molar-refractivity contribution < 1.29 is 35.9 Å². The highest BCUT2D eigenvalue weighted by Gasteiger charge is 2.37. The van der Waals surface area contributed by atoms with Crippen molar-refractivity contribution in [1.29, 1.82) is 0 Å². The minimum Gasteiger partial charge on any atom is -0.365 e. The number of nitrogens with one attached hydrogen (secondary N) is 1. The lowest BCUT2D eigenvalue weighted by Crippen LogP contribution is -2.27. The highest BCUT2D eigenvalue weighted by Crippen LogP contribution is 2.38. The number of carbonyl (C=O) groups is 2. The largest absolute Gasteiger partial charge is 0.416 e. The molecule has 1 aromatic heterocycles. The van der Waals surface area contributed by atoms with Crippen molar-refractivity contribution in [1.82, 2.24) is 4.90 Å². The summed E-state index contributed by atoms with van der Waals surface area (Å²) in [5, 5.41) is 2.26. The Hall–Kier alpha value is -2.31. The number of fused-ring (bicyclic) bond motifs is 1. The molecule has 0 fully saturated rings. The summed E-state index contributed by atoms with van der Waals surface area (Å²) in [4.78, 5) is 27.1. The molecule has 31 heavy (non-hydrogen) atoms. The van der Waals surface area contributed by atoms with Crippen LogP contribution in [0, 0.1) is 0 Å². The molecule has 1 aliphatic rings. The Bertz CT molecular complexity index is 987. The van der Waals surface area contributed by atoms with Crippen LogP contribution in [0.25, 0.3) is 0 Å². The first-order valence-electron chi connectivity index (χ1n) is 8.51. The van der Waals surface area contributed by atoms with E-state index < -0.39 is 40.9 Å². The van der Waals surface area contributed by atoms with E-state index in [9.17, 15) is 35.9 Å². The number of alkyl halides is 6. The number of halogens is 7. The van der Waals surface area contributed by atoms with Crippen LogP contribution in [0.3, 0.4) is 0 Å². The van der Waals surface area contributed by atoms with Gasteiger partial charge in [-0.15, -0.1) is 23.7 Å². The van der Waals surface area contributed by atoms with E-state index in [1.54, 1.807) is 0 Å². The predicted octanol–water partition coefficient (Wildman–Crippen LogP) is 4.55. The van der Waals surface area contributed by atoms with Crippen LogP contribution in [-0.2, 0) is 25.3 Å². The Kier molecular flexibility index (Phi) is 6.98. The van der Waals surface area contributed by atoms with Gasteiger partial charge in [-0.1, -0.05) is 0 Å². The number of amides is 2. The van der Waals surface area contributed by atoms with Crippen LogP contribution in [0.15, 0.2) is 18.2 Å². The maximum absolute atomic E-state index is 13.0. The molecule has 2 aromatic rings. The summed E-state index contributed by atoms with van der Waals surface area (Å²) < 4.78 is 78.1. The second kappa shape index (κ2) is 8.67. The number of nitrogens with zero attached hydrogens (tertiary/aromatic N) is 1. The first-order valence-corrected chi connectivity index (χ1v) is 9.32. The van der Waals surface area contributed by atoms with Gasteiger partial charge < -0.3 is 16.0 Å². The van der Waals surface area contributed by atoms with E-state index in [-0.39, 0.29) is 29.0 Å². The van der Waals surface area contributed by atoms with Crippen LogP contribution in [-0.4, -0.2) is 30.3 Å². The Morgan fingerprint density at radius 1 is 1.06 bits per heavy atom. The van der Waals surface area contributed by atoms with Gasteiger partial charge in [0, 0.05) is 23.5 Å². The van der Waals surface area contributed by atoms with Crippen LogP contribution in [0.4, 0.5) is 31.3 Å². The van der Waals surface area contributed by atoms with E-state index in [0.29, 0.717) is 37.2 Å². The maximum atomic E-state index is 13.0. The summed E-state index contributed by atoms with van der Waals surface area (Å²) in [5.41, 5.74) is 2.00. The van der Waals surface area contributed by atoms with Gasteiger partial charge in [-0.05, 0) is 37.2 Å². The minimum absolute atomic E-state index is 0. The normalized spacial score (nSPS) is 14.5. The molecule has 5 nitrogen and oxygen atoms in total. The molecule has 0 atom stereocenters. The molecular formula is C18H16ClF6N3O2S. The average Bonchev–Trinajstić information content (AvgIpc) is 2.96. The standard InChI is InChI=1S/C18H15F6N3O2S.ClH/c1-27-3-2-11-12(7-27)30-16(13(11)14(25)28)26-15(29)8-4-9(17(19,20)21)6-10(5-8)18(22,23)24;/h4-6H,2-3,7H2,1H3,(H2,25,28)(H,26,29);1H. The van der Waals surface area contributed by atoms with E-state index in [2.05, 4.69) is 5.32 Å². The quantitative estimate of drug-likeness (QED) is 0.624. The highest BCUT2D eigenvalue weighted by molar-refractivity contribution is 7.17. The van der Waals surface area contributed by atoms with Gasteiger partial charge in [-0.25, -0.2) is 0 Å². The third kappa shape index (κ3) is 5.31. The van der Waals surface area contributed by atoms with E-state index in [1.165, 1.54) is 0 Å². The summed E-state index contributed by atoms with van der Waals surface area (Å²) in [6, 6.07) is 0.594. The Morgan fingerprint density at radius 2 is 1.61 bits per heavy atom. The number of thiophene rings is 1. The van der Waals surface area contributed by atoms with Gasteiger partial charge in [0.2, 0.25) is 0 Å². The number of carbonyl (C=O) groups excluding carboxylic acids is 2. The fourth-order valence-corrected chi connectivity index (χ4v) is 4.47. The van der Waals surface area contributed by atoms with Gasteiger partial charge in [0.15, 0.2) is 0 Å². The van der Waals surface area contributed by atoms with E-state index >= 15 is 0 Å². The van der Waals surface area contributed by atoms with E-state index in [0.717, 1.165) is 16.2 Å². The molecule has 0 bridgehead atoms. The van der Waals surface area contributed by atoms with Gasteiger partial charge in [0.1, 0.15) is 5.00 Å². The summed E-state index contributed by atoms with van der Waals surface area (Å²) in [5.74, 6) is -2.05. The SMILES string of the molecule is CN1CCc2c(sc(NC(=O)c3cc(C(F)(F)F)cc(C(F)(F)F)c3)c2C(N)=O)C1.Cl. The van der Waals surface area contributed by atoms with E-state index in [1.807, 2.05) is 11.9 Å². The number of likely N-dealkylation sites (N-methyl/N-ethyl adjacent to an activating group) is 1. The van der Waals surface area contributed by atoms with Crippen molar-refractivity contribution in [2.45, 2.75) is 25.3 Å². The molecule has 0 radical (unpaired) electrons. The maximum Gasteiger partial charge on any atom is 0.416 e. The van der Waals surface area contributed by atoms with Gasteiger partial charge in [0.25, 0.3) is 11.8 Å². The minimum atomic E-state index is -5.08. The lowest BCUT2D eigenvalue weighted by atomic mass is 10.0. The molecule has 0 saturated heterocycles. The monoisotopic (exact) mass is 487 g/mol. The summed E-state index contributed by atoms with van der Waals surface area (Å²) in [6.07, 6.45) is -9.69. The van der Waals surface area contributed by atoms with Crippen molar-refractivity contribution in [3.8, 4) is 0 Å². The molecule has 170 valence electrons. The molecule has 2 amide bonds. The molecule has 2 heterocycles. The molecule has 3 N–H and O–H groups in total. The fraction of sp³-hybridized carbons (Fsp3) is 0.333. The van der Waals surface area contributed by atoms with E-state index in [4.69, 9.17) is 5.73 Å². The Balaban J connectivity index is 0.00000341. The summed E-state index contributed by atoms with van der Waals surface area (Å²) in [6.45, 7) is 1.10. The highest BCUT2D eigenvalue weighted by atomic mass is 35.5. The number of rotatable bonds is 3.